The van der Waals surface area contributed by atoms with Gasteiger partial charge in [-0.3, -0.25) is 0 Å². The Morgan fingerprint density at radius 3 is 2.50 bits per heavy atom. The number of hydrogen-bond acceptors (Lipinski definition) is 2. The molecule has 0 aliphatic carbocycles. The largest absolute Gasteiger partial charge is 0.416 e. The van der Waals surface area contributed by atoms with Gasteiger partial charge >= 0.3 is 6.18 Å². The maximum absolute atomic E-state index is 12.8. The van der Waals surface area contributed by atoms with Crippen LogP contribution in [0.2, 0.25) is 0 Å². The van der Waals surface area contributed by atoms with Gasteiger partial charge in [-0.25, -0.2) is 0 Å². The van der Waals surface area contributed by atoms with Crippen LogP contribution in [0.4, 0.5) is 13.2 Å². The summed E-state index contributed by atoms with van der Waals surface area (Å²) in [4.78, 5) is 0. The zero-order valence-electron chi connectivity index (χ0n) is 11.7. The predicted octanol–water partition coefficient (Wildman–Crippen LogP) is 3.59. The monoisotopic (exact) mass is 289 g/mol. The molecule has 0 radical (unpaired) electrons. The molecule has 2 N–H and O–H groups in total. The second-order valence-electron chi connectivity index (χ2n) is 4.95. The smallest absolute Gasteiger partial charge is 0.396 e. The molecule has 2 nitrogen and oxygen atoms in total. The zero-order valence-corrected chi connectivity index (χ0v) is 11.7. The van der Waals surface area contributed by atoms with Gasteiger partial charge in [-0.15, -0.1) is 0 Å². The average molecular weight is 289 g/mol. The minimum atomic E-state index is -4.31. The molecule has 1 unspecified atom stereocenters. The lowest BCUT2D eigenvalue weighted by Crippen LogP contribution is -2.24. The van der Waals surface area contributed by atoms with Crippen molar-refractivity contribution in [2.75, 3.05) is 13.2 Å². The number of benzene rings is 1. The molecule has 0 saturated carbocycles. The standard InChI is InChI=1S/C15H22F3NO/c1-2-5-12(8-9-20)10-19-11-13-6-3-4-7-14(13)15(16,17)18/h3-4,6-7,12,19-20H,2,5,8-11H2,1H3. The summed E-state index contributed by atoms with van der Waals surface area (Å²) in [6.07, 6.45) is -1.66. The summed E-state index contributed by atoms with van der Waals surface area (Å²) < 4.78 is 38.4. The van der Waals surface area contributed by atoms with E-state index < -0.39 is 11.7 Å². The molecule has 0 amide bonds. The normalized spacial score (nSPS) is 13.4. The molecule has 0 heterocycles. The van der Waals surface area contributed by atoms with Crippen molar-refractivity contribution in [1.82, 2.24) is 5.32 Å². The van der Waals surface area contributed by atoms with Crippen molar-refractivity contribution in [2.24, 2.45) is 5.92 Å². The van der Waals surface area contributed by atoms with E-state index >= 15 is 0 Å². The second kappa shape index (κ2) is 8.27. The van der Waals surface area contributed by atoms with Gasteiger partial charge in [0.1, 0.15) is 0 Å². The predicted molar refractivity (Wildman–Crippen MR) is 73.3 cm³/mol. The number of aliphatic hydroxyl groups excluding tert-OH is 1. The van der Waals surface area contributed by atoms with Crippen molar-refractivity contribution >= 4 is 0 Å². The third-order valence-corrected chi connectivity index (χ3v) is 3.31. The molecule has 0 aromatic heterocycles. The molecule has 0 aliphatic rings. The van der Waals surface area contributed by atoms with Gasteiger partial charge in [-0.2, -0.15) is 13.2 Å². The van der Waals surface area contributed by atoms with Gasteiger partial charge in [0.25, 0.3) is 0 Å². The summed E-state index contributed by atoms with van der Waals surface area (Å²) in [7, 11) is 0. The van der Waals surface area contributed by atoms with Crippen molar-refractivity contribution in [1.29, 1.82) is 0 Å². The highest BCUT2D eigenvalue weighted by Crippen LogP contribution is 2.31. The first-order valence-corrected chi connectivity index (χ1v) is 6.95. The number of aliphatic hydroxyl groups is 1. The maximum Gasteiger partial charge on any atom is 0.416 e. The summed E-state index contributed by atoms with van der Waals surface area (Å²) in [5.74, 6) is 0.308. The van der Waals surface area contributed by atoms with Gasteiger partial charge in [0, 0.05) is 13.2 Å². The van der Waals surface area contributed by atoms with Gasteiger partial charge in [0.2, 0.25) is 0 Å². The molecule has 0 spiro atoms. The minimum Gasteiger partial charge on any atom is -0.396 e. The van der Waals surface area contributed by atoms with Gasteiger partial charge in [-0.05, 0) is 36.9 Å². The molecule has 0 saturated heterocycles. The molecule has 114 valence electrons. The number of rotatable bonds is 8. The van der Waals surface area contributed by atoms with Crippen molar-refractivity contribution in [3.05, 3.63) is 35.4 Å². The lowest BCUT2D eigenvalue weighted by Gasteiger charge is -2.17. The Morgan fingerprint density at radius 1 is 1.20 bits per heavy atom. The van der Waals surface area contributed by atoms with Crippen LogP contribution in [0.15, 0.2) is 24.3 Å². The molecule has 0 aliphatic heterocycles. The second-order valence-corrected chi connectivity index (χ2v) is 4.95. The van der Waals surface area contributed by atoms with E-state index in [2.05, 4.69) is 12.2 Å². The van der Waals surface area contributed by atoms with Crippen molar-refractivity contribution in [3.63, 3.8) is 0 Å². The number of halogens is 3. The first-order chi connectivity index (χ1) is 9.49. The summed E-state index contributed by atoms with van der Waals surface area (Å²) in [6.45, 7) is 3.00. The molecule has 20 heavy (non-hydrogen) atoms. The number of nitrogens with one attached hydrogen (secondary N) is 1. The van der Waals surface area contributed by atoms with E-state index in [4.69, 9.17) is 5.11 Å². The first-order valence-electron chi connectivity index (χ1n) is 6.95. The fraction of sp³-hybridized carbons (Fsp3) is 0.600. The Morgan fingerprint density at radius 2 is 1.90 bits per heavy atom. The van der Waals surface area contributed by atoms with Gasteiger partial charge in [0.15, 0.2) is 0 Å². The summed E-state index contributed by atoms with van der Waals surface area (Å²) >= 11 is 0. The van der Waals surface area contributed by atoms with Gasteiger partial charge in [0.05, 0.1) is 5.56 Å². The van der Waals surface area contributed by atoms with E-state index in [1.807, 2.05) is 0 Å². The first kappa shape index (κ1) is 17.0. The van der Waals surface area contributed by atoms with E-state index in [1.54, 1.807) is 6.07 Å². The van der Waals surface area contributed by atoms with Crippen molar-refractivity contribution in [2.45, 2.75) is 38.9 Å². The summed E-state index contributed by atoms with van der Waals surface area (Å²) in [6, 6.07) is 5.62. The Balaban J connectivity index is 2.57. The Kier molecular flexibility index (Phi) is 7.02. The quantitative estimate of drug-likeness (QED) is 0.766. The number of hydrogen-bond donors (Lipinski definition) is 2. The van der Waals surface area contributed by atoms with Crippen LogP contribution in [-0.4, -0.2) is 18.3 Å². The highest BCUT2D eigenvalue weighted by atomic mass is 19.4. The van der Waals surface area contributed by atoms with Crippen molar-refractivity contribution < 1.29 is 18.3 Å². The van der Waals surface area contributed by atoms with E-state index in [-0.39, 0.29) is 18.7 Å². The molecule has 5 heteroatoms. The molecule has 1 aromatic rings. The molecule has 0 fully saturated rings. The lowest BCUT2D eigenvalue weighted by atomic mass is 10.00. The fourth-order valence-electron chi connectivity index (χ4n) is 2.30. The van der Waals surface area contributed by atoms with Gasteiger partial charge < -0.3 is 10.4 Å². The van der Waals surface area contributed by atoms with Crippen LogP contribution in [-0.2, 0) is 12.7 Å². The van der Waals surface area contributed by atoms with Crippen LogP contribution in [0.5, 0.6) is 0 Å². The Labute approximate surface area is 118 Å². The molecule has 1 rings (SSSR count). The summed E-state index contributed by atoms with van der Waals surface area (Å²) in [5, 5.41) is 12.0. The Hall–Kier alpha value is -1.07. The van der Waals surface area contributed by atoms with Crippen LogP contribution in [0.1, 0.15) is 37.3 Å². The topological polar surface area (TPSA) is 32.3 Å². The van der Waals surface area contributed by atoms with E-state index in [9.17, 15) is 13.2 Å². The third kappa shape index (κ3) is 5.51. The highest BCUT2D eigenvalue weighted by Gasteiger charge is 2.32. The molecular weight excluding hydrogens is 267 g/mol. The van der Waals surface area contributed by atoms with E-state index in [0.717, 1.165) is 18.9 Å². The van der Waals surface area contributed by atoms with Crippen molar-refractivity contribution in [3.8, 4) is 0 Å². The van der Waals surface area contributed by atoms with Crippen LogP contribution >= 0.6 is 0 Å². The third-order valence-electron chi connectivity index (χ3n) is 3.31. The van der Waals surface area contributed by atoms with Gasteiger partial charge in [-0.1, -0.05) is 31.5 Å². The molecule has 1 atom stereocenters. The molecule has 0 bridgehead atoms. The highest BCUT2D eigenvalue weighted by molar-refractivity contribution is 5.29. The van der Waals surface area contributed by atoms with Crippen LogP contribution in [0.3, 0.4) is 0 Å². The van der Waals surface area contributed by atoms with Crippen LogP contribution in [0.25, 0.3) is 0 Å². The molecular formula is C15H22F3NO. The SMILES string of the molecule is CCCC(CCO)CNCc1ccccc1C(F)(F)F. The van der Waals surface area contributed by atoms with E-state index in [0.29, 0.717) is 18.9 Å². The average Bonchev–Trinajstić information content (AvgIpc) is 2.38. The van der Waals surface area contributed by atoms with E-state index in [1.165, 1.54) is 12.1 Å². The molecule has 1 aromatic carbocycles. The lowest BCUT2D eigenvalue weighted by molar-refractivity contribution is -0.138. The van der Waals surface area contributed by atoms with Crippen LogP contribution < -0.4 is 5.32 Å². The fourth-order valence-corrected chi connectivity index (χ4v) is 2.30. The van der Waals surface area contributed by atoms with Crippen LogP contribution in [0, 0.1) is 5.92 Å². The number of alkyl halides is 3. The summed E-state index contributed by atoms with van der Waals surface area (Å²) in [5.41, 5.74) is -0.319. The Bertz CT molecular complexity index is 387. The maximum atomic E-state index is 12.8. The minimum absolute atomic E-state index is 0.117. The zero-order chi connectivity index (χ0) is 15.0.